The molecular formula is C16H19ClFN3O2. The molecular weight excluding hydrogens is 321 g/mol. The Labute approximate surface area is 139 Å². The van der Waals surface area contributed by atoms with Crippen LogP contribution in [0, 0.1) is 11.7 Å². The number of halogens is 2. The van der Waals surface area contributed by atoms with E-state index in [2.05, 4.69) is 5.32 Å². The Bertz CT molecular complexity index is 593. The van der Waals surface area contributed by atoms with Crippen molar-refractivity contribution in [1.29, 1.82) is 0 Å². The minimum atomic E-state index is -0.481. The highest BCUT2D eigenvalue weighted by Gasteiger charge is 2.35. The number of carbonyl (C=O) groups excluding carboxylic acids is 2. The molecule has 0 spiro atoms. The van der Waals surface area contributed by atoms with E-state index in [4.69, 9.17) is 11.6 Å². The summed E-state index contributed by atoms with van der Waals surface area (Å²) in [5.74, 6) is -0.177. The van der Waals surface area contributed by atoms with Crippen molar-refractivity contribution in [2.45, 2.75) is 12.8 Å². The number of carbonyl (C=O) groups is 2. The summed E-state index contributed by atoms with van der Waals surface area (Å²) in [7, 11) is 0. The summed E-state index contributed by atoms with van der Waals surface area (Å²) >= 11 is 5.92. The van der Waals surface area contributed by atoms with Gasteiger partial charge in [0.15, 0.2) is 0 Å². The average Bonchev–Trinajstić information content (AvgIpc) is 3.38. The molecule has 1 heterocycles. The quantitative estimate of drug-likeness (QED) is 0.912. The highest BCUT2D eigenvalue weighted by atomic mass is 35.5. The number of para-hydroxylation sites is 1. The number of hydrogen-bond acceptors (Lipinski definition) is 3. The van der Waals surface area contributed by atoms with E-state index in [1.807, 2.05) is 4.90 Å². The first-order valence-corrected chi connectivity index (χ1v) is 8.18. The van der Waals surface area contributed by atoms with Gasteiger partial charge in [-0.1, -0.05) is 17.7 Å². The lowest BCUT2D eigenvalue weighted by molar-refractivity contribution is -0.139. The molecule has 1 saturated carbocycles. The lowest BCUT2D eigenvalue weighted by Crippen LogP contribution is -2.52. The van der Waals surface area contributed by atoms with Crippen LogP contribution in [0.25, 0.3) is 0 Å². The van der Waals surface area contributed by atoms with E-state index in [1.165, 1.54) is 12.1 Å². The van der Waals surface area contributed by atoms with Crippen LogP contribution in [0.4, 0.5) is 10.1 Å². The molecule has 2 fully saturated rings. The summed E-state index contributed by atoms with van der Waals surface area (Å²) < 4.78 is 13.6. The van der Waals surface area contributed by atoms with Gasteiger partial charge in [-0.3, -0.25) is 9.59 Å². The molecule has 23 heavy (non-hydrogen) atoms. The number of benzene rings is 1. The summed E-state index contributed by atoms with van der Waals surface area (Å²) in [4.78, 5) is 27.7. The predicted molar refractivity (Wildman–Crippen MR) is 85.8 cm³/mol. The van der Waals surface area contributed by atoms with Crippen LogP contribution in [-0.4, -0.2) is 54.3 Å². The average molecular weight is 340 g/mol. The second-order valence-electron chi connectivity index (χ2n) is 5.93. The van der Waals surface area contributed by atoms with Gasteiger partial charge in [0.2, 0.25) is 11.8 Å². The Hall–Kier alpha value is -1.82. The third-order valence-electron chi connectivity index (χ3n) is 4.25. The molecule has 1 aromatic carbocycles. The minimum Gasteiger partial charge on any atom is -0.373 e. The monoisotopic (exact) mass is 339 g/mol. The topological polar surface area (TPSA) is 52.7 Å². The van der Waals surface area contributed by atoms with Gasteiger partial charge in [-0.25, -0.2) is 4.39 Å². The van der Waals surface area contributed by atoms with E-state index in [1.54, 1.807) is 11.0 Å². The number of amides is 2. The molecule has 1 aliphatic heterocycles. The first-order chi connectivity index (χ1) is 11.1. The summed E-state index contributed by atoms with van der Waals surface area (Å²) in [5, 5.41) is 3.01. The number of anilines is 1. The second-order valence-corrected chi connectivity index (χ2v) is 6.34. The lowest BCUT2D eigenvalue weighted by atomic mass is 10.2. The molecule has 0 atom stereocenters. The SMILES string of the molecule is O=C(CNc1c(F)cccc1Cl)N1CCN(C(=O)C2CC2)CC1. The van der Waals surface area contributed by atoms with Crippen molar-refractivity contribution in [1.82, 2.24) is 9.80 Å². The van der Waals surface area contributed by atoms with Gasteiger partial charge in [-0.15, -0.1) is 0 Å². The first kappa shape index (κ1) is 16.1. The molecule has 3 rings (SSSR count). The summed E-state index contributed by atoms with van der Waals surface area (Å²) in [5.41, 5.74) is 0.144. The number of rotatable bonds is 4. The second kappa shape index (κ2) is 6.74. The normalized spacial score (nSPS) is 18.0. The van der Waals surface area contributed by atoms with Gasteiger partial charge in [0.05, 0.1) is 17.3 Å². The van der Waals surface area contributed by atoms with Gasteiger partial charge in [0.25, 0.3) is 0 Å². The fourth-order valence-corrected chi connectivity index (χ4v) is 2.94. The molecule has 7 heteroatoms. The predicted octanol–water partition coefficient (Wildman–Crippen LogP) is 1.97. The van der Waals surface area contributed by atoms with Crippen LogP contribution in [0.5, 0.6) is 0 Å². The van der Waals surface area contributed by atoms with Gasteiger partial charge in [0.1, 0.15) is 5.82 Å². The standard InChI is InChI=1S/C16H19ClFN3O2/c17-12-2-1-3-13(18)15(12)19-10-14(22)20-6-8-21(9-7-20)16(23)11-4-5-11/h1-3,11,19H,4-10H2. The number of piperazine rings is 1. The molecule has 0 radical (unpaired) electrons. The molecule has 5 nitrogen and oxygen atoms in total. The van der Waals surface area contributed by atoms with Crippen molar-refractivity contribution >= 4 is 29.1 Å². The zero-order valence-corrected chi connectivity index (χ0v) is 13.5. The number of nitrogens with zero attached hydrogens (tertiary/aromatic N) is 2. The lowest BCUT2D eigenvalue weighted by Gasteiger charge is -2.35. The molecule has 0 aromatic heterocycles. The van der Waals surface area contributed by atoms with Crippen LogP contribution >= 0.6 is 11.6 Å². The largest absolute Gasteiger partial charge is 0.373 e. The van der Waals surface area contributed by atoms with Crippen molar-refractivity contribution in [2.24, 2.45) is 5.92 Å². The van der Waals surface area contributed by atoms with Gasteiger partial charge < -0.3 is 15.1 Å². The van der Waals surface area contributed by atoms with Crippen LogP contribution in [0.1, 0.15) is 12.8 Å². The van der Waals surface area contributed by atoms with Crippen molar-refractivity contribution in [3.63, 3.8) is 0 Å². The summed E-state index contributed by atoms with van der Waals surface area (Å²) in [6.07, 6.45) is 1.98. The summed E-state index contributed by atoms with van der Waals surface area (Å²) in [6, 6.07) is 4.38. The van der Waals surface area contributed by atoms with E-state index in [9.17, 15) is 14.0 Å². The Morgan fingerprint density at radius 2 is 1.83 bits per heavy atom. The highest BCUT2D eigenvalue weighted by Crippen LogP contribution is 2.31. The van der Waals surface area contributed by atoms with E-state index in [0.717, 1.165) is 12.8 Å². The molecule has 2 aliphatic rings. The Morgan fingerprint density at radius 3 is 2.43 bits per heavy atom. The molecule has 1 N–H and O–H groups in total. The number of hydrogen-bond donors (Lipinski definition) is 1. The van der Waals surface area contributed by atoms with E-state index >= 15 is 0 Å². The smallest absolute Gasteiger partial charge is 0.241 e. The zero-order valence-electron chi connectivity index (χ0n) is 12.7. The van der Waals surface area contributed by atoms with Crippen LogP contribution in [0.2, 0.25) is 5.02 Å². The van der Waals surface area contributed by atoms with Crippen LogP contribution in [0.3, 0.4) is 0 Å². The highest BCUT2D eigenvalue weighted by molar-refractivity contribution is 6.33. The van der Waals surface area contributed by atoms with E-state index in [0.29, 0.717) is 26.2 Å². The van der Waals surface area contributed by atoms with Gasteiger partial charge in [-0.05, 0) is 25.0 Å². The molecule has 124 valence electrons. The first-order valence-electron chi connectivity index (χ1n) is 7.80. The van der Waals surface area contributed by atoms with Crippen molar-refractivity contribution in [2.75, 3.05) is 38.0 Å². The third-order valence-corrected chi connectivity index (χ3v) is 4.56. The van der Waals surface area contributed by atoms with Crippen LogP contribution in [-0.2, 0) is 9.59 Å². The third kappa shape index (κ3) is 3.75. The Balaban J connectivity index is 1.49. The van der Waals surface area contributed by atoms with Crippen molar-refractivity contribution in [3.8, 4) is 0 Å². The maximum atomic E-state index is 13.6. The fraction of sp³-hybridized carbons (Fsp3) is 0.500. The Morgan fingerprint density at radius 1 is 1.17 bits per heavy atom. The molecule has 1 aliphatic carbocycles. The number of nitrogens with one attached hydrogen (secondary N) is 1. The van der Waals surface area contributed by atoms with Crippen LogP contribution in [0.15, 0.2) is 18.2 Å². The Kier molecular flexibility index (Phi) is 4.71. The maximum absolute atomic E-state index is 13.6. The molecule has 0 unspecified atom stereocenters. The van der Waals surface area contributed by atoms with Crippen molar-refractivity contribution < 1.29 is 14.0 Å². The van der Waals surface area contributed by atoms with Crippen molar-refractivity contribution in [3.05, 3.63) is 29.0 Å². The molecule has 1 saturated heterocycles. The van der Waals surface area contributed by atoms with E-state index < -0.39 is 5.82 Å². The maximum Gasteiger partial charge on any atom is 0.241 e. The van der Waals surface area contributed by atoms with Gasteiger partial charge >= 0.3 is 0 Å². The zero-order chi connectivity index (χ0) is 16.4. The van der Waals surface area contributed by atoms with Gasteiger partial charge in [0, 0.05) is 32.1 Å². The van der Waals surface area contributed by atoms with E-state index in [-0.39, 0.29) is 35.0 Å². The molecule has 2 amide bonds. The minimum absolute atomic E-state index is 0.0166. The summed E-state index contributed by atoms with van der Waals surface area (Å²) in [6.45, 7) is 2.16. The van der Waals surface area contributed by atoms with Crippen LogP contribution < -0.4 is 5.32 Å². The molecule has 1 aromatic rings. The fourth-order valence-electron chi connectivity index (χ4n) is 2.71. The molecule has 0 bridgehead atoms. The van der Waals surface area contributed by atoms with Gasteiger partial charge in [-0.2, -0.15) is 0 Å².